The van der Waals surface area contributed by atoms with Crippen molar-refractivity contribution in [2.45, 2.75) is 32.0 Å². The normalized spacial score (nSPS) is 21.7. The van der Waals surface area contributed by atoms with Crippen LogP contribution in [-0.4, -0.2) is 47.2 Å². The van der Waals surface area contributed by atoms with Gasteiger partial charge in [-0.3, -0.25) is 4.79 Å². The molecule has 1 amide bonds. The fraction of sp³-hybridized carbons (Fsp3) is 0.467. The van der Waals surface area contributed by atoms with E-state index in [2.05, 4.69) is 15.9 Å². The van der Waals surface area contributed by atoms with Crippen molar-refractivity contribution in [2.24, 2.45) is 0 Å². The molecule has 1 unspecified atom stereocenters. The second-order valence-corrected chi connectivity index (χ2v) is 6.16. The molecule has 1 saturated heterocycles. The predicted octanol–water partition coefficient (Wildman–Crippen LogP) is 2.22. The van der Waals surface area contributed by atoms with Crippen molar-refractivity contribution in [2.75, 3.05) is 13.1 Å². The third kappa shape index (κ3) is 4.27. The quantitative estimate of drug-likeness (QED) is 0.878. The monoisotopic (exact) mass is 373 g/mol. The molecular formula is C15H17BrFNO4. The minimum absolute atomic E-state index is 0.0445. The summed E-state index contributed by atoms with van der Waals surface area (Å²) in [6.07, 6.45) is -0.727. The van der Waals surface area contributed by atoms with Crippen molar-refractivity contribution >= 4 is 27.8 Å². The van der Waals surface area contributed by atoms with Gasteiger partial charge in [0.15, 0.2) is 6.10 Å². The molecule has 0 radical (unpaired) electrons. The predicted molar refractivity (Wildman–Crippen MR) is 81.0 cm³/mol. The third-order valence-corrected chi connectivity index (χ3v) is 4.28. The summed E-state index contributed by atoms with van der Waals surface area (Å²) in [4.78, 5) is 24.8. The molecule has 2 atom stereocenters. The molecule has 1 aliphatic heterocycles. The summed E-state index contributed by atoms with van der Waals surface area (Å²) in [5.41, 5.74) is 0.712. The molecule has 1 aromatic rings. The highest BCUT2D eigenvalue weighted by Gasteiger charge is 2.32. The third-order valence-electron chi connectivity index (χ3n) is 3.50. The number of nitrogens with zero attached hydrogens (tertiary/aromatic N) is 1. The summed E-state index contributed by atoms with van der Waals surface area (Å²) in [6.45, 7) is 2.15. The smallest absolute Gasteiger partial charge is 0.334 e. The fourth-order valence-electron chi connectivity index (χ4n) is 2.43. The van der Waals surface area contributed by atoms with Crippen molar-refractivity contribution in [3.8, 4) is 0 Å². The Morgan fingerprint density at radius 2 is 2.18 bits per heavy atom. The van der Waals surface area contributed by atoms with E-state index in [1.54, 1.807) is 13.0 Å². The van der Waals surface area contributed by atoms with E-state index in [0.29, 0.717) is 18.5 Å². The Hall–Kier alpha value is -1.47. The zero-order valence-corrected chi connectivity index (χ0v) is 13.7. The van der Waals surface area contributed by atoms with Gasteiger partial charge in [-0.1, -0.05) is 15.9 Å². The van der Waals surface area contributed by atoms with Crippen LogP contribution in [0.3, 0.4) is 0 Å². The van der Waals surface area contributed by atoms with Gasteiger partial charge in [0.25, 0.3) is 0 Å². The number of benzene rings is 1. The van der Waals surface area contributed by atoms with Crippen molar-refractivity contribution in [3.05, 3.63) is 34.1 Å². The number of amides is 1. The zero-order chi connectivity index (χ0) is 16.3. The summed E-state index contributed by atoms with van der Waals surface area (Å²) < 4.78 is 19.2. The molecule has 2 rings (SSSR count). The van der Waals surface area contributed by atoms with Gasteiger partial charge in [-0.25, -0.2) is 9.18 Å². The number of aryl methyl sites for hydroxylation is 1. The van der Waals surface area contributed by atoms with E-state index >= 15 is 0 Å². The molecule has 0 bridgehead atoms. The lowest BCUT2D eigenvalue weighted by molar-refractivity contribution is -0.166. The van der Waals surface area contributed by atoms with Crippen LogP contribution in [0.1, 0.15) is 18.9 Å². The molecule has 0 saturated carbocycles. The van der Waals surface area contributed by atoms with Crippen LogP contribution in [0.15, 0.2) is 22.7 Å². The standard InChI is InChI=1S/C15H17BrFNO4/c1-9-7-18(8-13(22-9)15(20)21)14(19)5-2-10-6-11(17)3-4-12(10)16/h3-4,6,9,13H,2,5,7-8H2,1H3,(H,20,21)/t9-,13?/m1/s1. The minimum Gasteiger partial charge on any atom is -0.479 e. The maximum absolute atomic E-state index is 13.2. The molecule has 1 aromatic carbocycles. The topological polar surface area (TPSA) is 66.8 Å². The number of carbonyl (C=O) groups excluding carboxylic acids is 1. The van der Waals surface area contributed by atoms with E-state index in [9.17, 15) is 14.0 Å². The van der Waals surface area contributed by atoms with Crippen molar-refractivity contribution in [1.82, 2.24) is 4.90 Å². The molecule has 22 heavy (non-hydrogen) atoms. The van der Waals surface area contributed by atoms with Crippen molar-refractivity contribution < 1.29 is 23.8 Å². The molecular weight excluding hydrogens is 357 g/mol. The van der Waals surface area contributed by atoms with Gasteiger partial charge in [0.05, 0.1) is 12.6 Å². The molecule has 120 valence electrons. The molecule has 1 heterocycles. The van der Waals surface area contributed by atoms with E-state index < -0.39 is 12.1 Å². The molecule has 1 N–H and O–H groups in total. The number of carboxylic acids is 1. The van der Waals surface area contributed by atoms with E-state index in [4.69, 9.17) is 9.84 Å². The van der Waals surface area contributed by atoms with Gasteiger partial charge in [-0.15, -0.1) is 0 Å². The van der Waals surface area contributed by atoms with Gasteiger partial charge in [-0.05, 0) is 37.1 Å². The van der Waals surface area contributed by atoms with Gasteiger partial charge < -0.3 is 14.7 Å². The summed E-state index contributed by atoms with van der Waals surface area (Å²) in [5, 5.41) is 9.02. The highest BCUT2D eigenvalue weighted by molar-refractivity contribution is 9.10. The van der Waals surface area contributed by atoms with E-state index in [1.165, 1.54) is 17.0 Å². The number of rotatable bonds is 4. The SMILES string of the molecule is C[C@@H]1CN(C(=O)CCc2cc(F)ccc2Br)CC(C(=O)O)O1. The summed E-state index contributed by atoms with van der Waals surface area (Å²) in [5.74, 6) is -1.58. The van der Waals surface area contributed by atoms with Gasteiger partial charge in [0.2, 0.25) is 5.91 Å². The van der Waals surface area contributed by atoms with Crippen molar-refractivity contribution in [1.29, 1.82) is 0 Å². The lowest BCUT2D eigenvalue weighted by atomic mass is 10.1. The molecule has 1 fully saturated rings. The van der Waals surface area contributed by atoms with Crippen LogP contribution in [-0.2, 0) is 20.7 Å². The number of carboxylic acid groups (broad SMARTS) is 1. The maximum Gasteiger partial charge on any atom is 0.334 e. The Bertz CT molecular complexity index is 581. The van der Waals surface area contributed by atoms with E-state index in [0.717, 1.165) is 4.47 Å². The summed E-state index contributed by atoms with van der Waals surface area (Å²) in [7, 11) is 0. The number of carbonyl (C=O) groups is 2. The Balaban J connectivity index is 1.96. The van der Waals surface area contributed by atoms with Gasteiger partial charge >= 0.3 is 5.97 Å². The van der Waals surface area contributed by atoms with Crippen LogP contribution in [0.2, 0.25) is 0 Å². The first-order chi connectivity index (χ1) is 10.4. The lowest BCUT2D eigenvalue weighted by Crippen LogP contribution is -2.51. The van der Waals surface area contributed by atoms with Gasteiger partial charge in [0.1, 0.15) is 5.82 Å². The van der Waals surface area contributed by atoms with Crippen LogP contribution in [0.25, 0.3) is 0 Å². The van der Waals surface area contributed by atoms with Crippen LogP contribution in [0.5, 0.6) is 0 Å². The molecule has 7 heteroatoms. The van der Waals surface area contributed by atoms with Crippen LogP contribution in [0.4, 0.5) is 4.39 Å². The van der Waals surface area contributed by atoms with E-state index in [1.807, 2.05) is 0 Å². The van der Waals surface area contributed by atoms with Crippen LogP contribution in [0, 0.1) is 5.82 Å². The lowest BCUT2D eigenvalue weighted by Gasteiger charge is -2.35. The Labute approximate surface area is 136 Å². The molecule has 5 nitrogen and oxygen atoms in total. The summed E-state index contributed by atoms with van der Waals surface area (Å²) >= 11 is 3.33. The molecule has 0 spiro atoms. The Kier molecular flexibility index (Phi) is 5.52. The number of morpholine rings is 1. The van der Waals surface area contributed by atoms with Crippen LogP contribution < -0.4 is 0 Å². The highest BCUT2D eigenvalue weighted by atomic mass is 79.9. The van der Waals surface area contributed by atoms with Gasteiger partial charge in [0, 0.05) is 17.4 Å². The first-order valence-corrected chi connectivity index (χ1v) is 7.76. The average Bonchev–Trinajstić information content (AvgIpc) is 2.47. The largest absolute Gasteiger partial charge is 0.479 e. The van der Waals surface area contributed by atoms with Gasteiger partial charge in [-0.2, -0.15) is 0 Å². The molecule has 1 aliphatic rings. The van der Waals surface area contributed by atoms with Crippen LogP contribution >= 0.6 is 15.9 Å². The second-order valence-electron chi connectivity index (χ2n) is 5.31. The Morgan fingerprint density at radius 1 is 1.45 bits per heavy atom. The minimum atomic E-state index is -1.07. The number of hydrogen-bond donors (Lipinski definition) is 1. The molecule has 0 aromatic heterocycles. The fourth-order valence-corrected chi connectivity index (χ4v) is 2.87. The zero-order valence-electron chi connectivity index (χ0n) is 12.1. The summed E-state index contributed by atoms with van der Waals surface area (Å²) in [6, 6.07) is 4.34. The van der Waals surface area contributed by atoms with E-state index in [-0.39, 0.29) is 30.8 Å². The van der Waals surface area contributed by atoms with Crippen molar-refractivity contribution in [3.63, 3.8) is 0 Å². The Morgan fingerprint density at radius 3 is 2.86 bits per heavy atom. The molecule has 0 aliphatic carbocycles. The number of ether oxygens (including phenoxy) is 1. The first kappa shape index (κ1) is 16.9. The second kappa shape index (κ2) is 7.19. The highest BCUT2D eigenvalue weighted by Crippen LogP contribution is 2.20. The average molecular weight is 374 g/mol. The number of aliphatic carboxylic acids is 1. The first-order valence-electron chi connectivity index (χ1n) is 6.96. The number of hydrogen-bond acceptors (Lipinski definition) is 3. The maximum atomic E-state index is 13.2. The number of halogens is 2.